The molecular formula is C22H24N2O3. The zero-order chi connectivity index (χ0) is 18.7. The number of hydrogen-bond acceptors (Lipinski definition) is 5. The Morgan fingerprint density at radius 2 is 1.70 bits per heavy atom. The smallest absolute Gasteiger partial charge is 0.213 e. The van der Waals surface area contributed by atoms with Crippen molar-refractivity contribution in [1.82, 2.24) is 10.3 Å². The van der Waals surface area contributed by atoms with Crippen LogP contribution in [0.2, 0.25) is 0 Å². The summed E-state index contributed by atoms with van der Waals surface area (Å²) >= 11 is 0. The lowest BCUT2D eigenvalue weighted by Crippen LogP contribution is -2.20. The lowest BCUT2D eigenvalue weighted by Gasteiger charge is -2.13. The van der Waals surface area contributed by atoms with Crippen LogP contribution in [0.15, 0.2) is 72.9 Å². The standard InChI is InChI=1S/C22H24N2O3/c1-25-21-15-19(16-23-13-14-26-22-9-5-6-12-24-22)10-11-20(21)27-17-18-7-3-2-4-8-18/h2-12,15,23H,13-14,16-17H2,1H3. The number of nitrogens with one attached hydrogen (secondary N) is 1. The lowest BCUT2D eigenvalue weighted by atomic mass is 10.2. The van der Waals surface area contributed by atoms with E-state index in [2.05, 4.69) is 10.3 Å². The summed E-state index contributed by atoms with van der Waals surface area (Å²) in [6.45, 7) is 2.53. The second kappa shape index (κ2) is 10.2. The molecule has 140 valence electrons. The van der Waals surface area contributed by atoms with Gasteiger partial charge in [-0.15, -0.1) is 0 Å². The van der Waals surface area contributed by atoms with Gasteiger partial charge in [0, 0.05) is 25.4 Å². The molecule has 0 radical (unpaired) electrons. The van der Waals surface area contributed by atoms with Gasteiger partial charge in [-0.1, -0.05) is 42.5 Å². The van der Waals surface area contributed by atoms with Gasteiger partial charge in [0.25, 0.3) is 0 Å². The average Bonchev–Trinajstić information content (AvgIpc) is 2.74. The van der Waals surface area contributed by atoms with Crippen molar-refractivity contribution in [2.75, 3.05) is 20.3 Å². The van der Waals surface area contributed by atoms with Gasteiger partial charge in [-0.05, 0) is 29.3 Å². The van der Waals surface area contributed by atoms with E-state index >= 15 is 0 Å². The van der Waals surface area contributed by atoms with E-state index in [9.17, 15) is 0 Å². The van der Waals surface area contributed by atoms with Crippen LogP contribution in [0.4, 0.5) is 0 Å². The monoisotopic (exact) mass is 364 g/mol. The van der Waals surface area contributed by atoms with E-state index in [0.717, 1.165) is 35.7 Å². The normalized spacial score (nSPS) is 10.4. The van der Waals surface area contributed by atoms with Gasteiger partial charge in [0.15, 0.2) is 11.5 Å². The number of ether oxygens (including phenoxy) is 3. The van der Waals surface area contributed by atoms with E-state index < -0.39 is 0 Å². The van der Waals surface area contributed by atoms with Crippen molar-refractivity contribution >= 4 is 0 Å². The maximum absolute atomic E-state index is 5.89. The number of hydrogen-bond donors (Lipinski definition) is 1. The summed E-state index contributed by atoms with van der Waals surface area (Å²) < 4.78 is 16.9. The molecule has 0 fully saturated rings. The first kappa shape index (κ1) is 18.7. The minimum atomic E-state index is 0.514. The van der Waals surface area contributed by atoms with Gasteiger partial charge in [-0.3, -0.25) is 0 Å². The number of pyridine rings is 1. The Labute approximate surface area is 159 Å². The Morgan fingerprint density at radius 1 is 0.852 bits per heavy atom. The van der Waals surface area contributed by atoms with Crippen LogP contribution in [0, 0.1) is 0 Å². The second-order valence-corrected chi connectivity index (χ2v) is 5.95. The highest BCUT2D eigenvalue weighted by Crippen LogP contribution is 2.28. The number of rotatable bonds is 10. The molecule has 5 nitrogen and oxygen atoms in total. The van der Waals surface area contributed by atoms with Crippen molar-refractivity contribution in [3.63, 3.8) is 0 Å². The van der Waals surface area contributed by atoms with E-state index in [-0.39, 0.29) is 0 Å². The summed E-state index contributed by atoms with van der Waals surface area (Å²) in [7, 11) is 1.66. The minimum Gasteiger partial charge on any atom is -0.493 e. The molecule has 3 aromatic rings. The van der Waals surface area contributed by atoms with Crippen LogP contribution in [0.1, 0.15) is 11.1 Å². The van der Waals surface area contributed by atoms with Crippen LogP contribution in [0.5, 0.6) is 17.4 Å². The topological polar surface area (TPSA) is 52.6 Å². The first-order valence-electron chi connectivity index (χ1n) is 8.93. The van der Waals surface area contributed by atoms with Gasteiger partial charge in [0.1, 0.15) is 13.2 Å². The Kier molecular flexibility index (Phi) is 7.07. The maximum Gasteiger partial charge on any atom is 0.213 e. The van der Waals surface area contributed by atoms with Crippen molar-refractivity contribution < 1.29 is 14.2 Å². The summed E-state index contributed by atoms with van der Waals surface area (Å²) in [6.07, 6.45) is 1.72. The van der Waals surface area contributed by atoms with Gasteiger partial charge < -0.3 is 19.5 Å². The number of benzene rings is 2. The van der Waals surface area contributed by atoms with Gasteiger partial charge in [0.05, 0.1) is 7.11 Å². The van der Waals surface area contributed by atoms with Crippen molar-refractivity contribution in [1.29, 1.82) is 0 Å². The fourth-order valence-corrected chi connectivity index (χ4v) is 2.57. The fraction of sp³-hybridized carbons (Fsp3) is 0.227. The average molecular weight is 364 g/mol. The Hall–Kier alpha value is -3.05. The zero-order valence-electron chi connectivity index (χ0n) is 15.4. The van der Waals surface area contributed by atoms with Crippen molar-refractivity contribution in [2.45, 2.75) is 13.2 Å². The third-order valence-corrected chi connectivity index (χ3v) is 3.96. The largest absolute Gasteiger partial charge is 0.493 e. The minimum absolute atomic E-state index is 0.514. The van der Waals surface area contributed by atoms with Gasteiger partial charge >= 0.3 is 0 Å². The van der Waals surface area contributed by atoms with E-state index in [4.69, 9.17) is 14.2 Å². The molecule has 0 unspecified atom stereocenters. The number of nitrogens with zero attached hydrogens (tertiary/aromatic N) is 1. The molecule has 0 aliphatic heterocycles. The molecule has 27 heavy (non-hydrogen) atoms. The second-order valence-electron chi connectivity index (χ2n) is 5.95. The predicted octanol–water partition coefficient (Wildman–Crippen LogP) is 3.84. The molecule has 3 rings (SSSR count). The fourth-order valence-electron chi connectivity index (χ4n) is 2.57. The Morgan fingerprint density at radius 3 is 2.48 bits per heavy atom. The van der Waals surface area contributed by atoms with Crippen LogP contribution >= 0.6 is 0 Å². The maximum atomic E-state index is 5.89. The summed E-state index contributed by atoms with van der Waals surface area (Å²) in [5, 5.41) is 3.35. The molecule has 1 aromatic heterocycles. The van der Waals surface area contributed by atoms with Crippen LogP contribution in [-0.4, -0.2) is 25.2 Å². The van der Waals surface area contributed by atoms with E-state index in [1.807, 2.05) is 66.7 Å². The van der Waals surface area contributed by atoms with Crippen molar-refractivity contribution in [2.24, 2.45) is 0 Å². The van der Waals surface area contributed by atoms with E-state index in [1.165, 1.54) is 0 Å². The predicted molar refractivity (Wildman–Crippen MR) is 105 cm³/mol. The molecule has 5 heteroatoms. The Bertz CT molecular complexity index is 810. The molecule has 0 saturated heterocycles. The highest BCUT2D eigenvalue weighted by molar-refractivity contribution is 5.43. The highest BCUT2D eigenvalue weighted by atomic mass is 16.5. The molecule has 0 amide bonds. The molecule has 0 aliphatic carbocycles. The first-order chi connectivity index (χ1) is 13.3. The summed E-state index contributed by atoms with van der Waals surface area (Å²) in [5.74, 6) is 2.11. The molecule has 0 atom stereocenters. The molecule has 2 aromatic carbocycles. The molecule has 1 heterocycles. The molecule has 0 bridgehead atoms. The van der Waals surface area contributed by atoms with Crippen molar-refractivity contribution in [3.05, 3.63) is 84.1 Å². The number of aromatic nitrogens is 1. The zero-order valence-corrected chi connectivity index (χ0v) is 15.4. The SMILES string of the molecule is COc1cc(CNCCOc2ccccn2)ccc1OCc1ccccc1. The quantitative estimate of drug-likeness (QED) is 0.554. The number of methoxy groups -OCH3 is 1. The van der Waals surface area contributed by atoms with Gasteiger partial charge in [-0.25, -0.2) is 4.98 Å². The molecule has 0 aliphatic rings. The summed E-state index contributed by atoms with van der Waals surface area (Å²) in [5.41, 5.74) is 2.25. The van der Waals surface area contributed by atoms with E-state index in [1.54, 1.807) is 13.3 Å². The highest BCUT2D eigenvalue weighted by Gasteiger charge is 2.06. The van der Waals surface area contributed by atoms with Gasteiger partial charge in [0.2, 0.25) is 5.88 Å². The first-order valence-corrected chi connectivity index (χ1v) is 8.93. The molecular weight excluding hydrogens is 340 g/mol. The summed E-state index contributed by atoms with van der Waals surface area (Å²) in [4.78, 5) is 4.13. The summed E-state index contributed by atoms with van der Waals surface area (Å²) in [6, 6.07) is 21.7. The van der Waals surface area contributed by atoms with E-state index in [0.29, 0.717) is 19.1 Å². The third kappa shape index (κ3) is 6.01. The molecule has 1 N–H and O–H groups in total. The van der Waals surface area contributed by atoms with Gasteiger partial charge in [-0.2, -0.15) is 0 Å². The molecule has 0 spiro atoms. The Balaban J connectivity index is 1.45. The molecule has 0 saturated carbocycles. The van der Waals surface area contributed by atoms with Crippen LogP contribution in [0.25, 0.3) is 0 Å². The lowest BCUT2D eigenvalue weighted by molar-refractivity contribution is 0.284. The van der Waals surface area contributed by atoms with Crippen molar-refractivity contribution in [3.8, 4) is 17.4 Å². The van der Waals surface area contributed by atoms with Crippen LogP contribution in [-0.2, 0) is 13.2 Å². The van der Waals surface area contributed by atoms with Crippen LogP contribution in [0.3, 0.4) is 0 Å². The van der Waals surface area contributed by atoms with Crippen LogP contribution < -0.4 is 19.5 Å². The third-order valence-electron chi connectivity index (χ3n) is 3.96.